The fourth-order valence-corrected chi connectivity index (χ4v) is 5.68. The van der Waals surface area contributed by atoms with Crippen molar-refractivity contribution in [1.29, 1.82) is 0 Å². The molecule has 0 saturated carbocycles. The third kappa shape index (κ3) is 3.69. The first-order valence-electron chi connectivity index (χ1n) is 9.65. The van der Waals surface area contributed by atoms with E-state index >= 15 is 0 Å². The number of piperidine rings is 1. The molecule has 2 aliphatic rings. The number of hydrogen-bond acceptors (Lipinski definition) is 4. The van der Waals surface area contributed by atoms with Crippen molar-refractivity contribution in [2.75, 3.05) is 5.32 Å². The summed E-state index contributed by atoms with van der Waals surface area (Å²) in [4.78, 5) is 15.8. The Morgan fingerprint density at radius 1 is 1.31 bits per heavy atom. The van der Waals surface area contributed by atoms with Crippen LogP contribution < -0.4 is 5.32 Å². The molecule has 1 N–H and O–H groups in total. The number of amides is 1. The van der Waals surface area contributed by atoms with Crippen molar-refractivity contribution in [1.82, 2.24) is 14.7 Å². The Morgan fingerprint density at radius 3 is 2.59 bits per heavy atom. The Morgan fingerprint density at radius 2 is 2.00 bits per heavy atom. The molecule has 0 aliphatic carbocycles. The molecule has 10 heteroatoms. The predicted octanol–water partition coefficient (Wildman–Crippen LogP) is 5.77. The minimum Gasteiger partial charge on any atom is -0.362 e. The van der Waals surface area contributed by atoms with E-state index in [1.807, 2.05) is 31.4 Å². The lowest BCUT2D eigenvalue weighted by Crippen LogP contribution is -2.47. The molecule has 0 bridgehead atoms. The Hall–Kier alpha value is -1.55. The zero-order chi connectivity index (χ0) is 20.9. The van der Waals surface area contributed by atoms with Crippen molar-refractivity contribution in [2.45, 2.75) is 69.9 Å². The lowest BCUT2D eigenvalue weighted by molar-refractivity contribution is -0.173. The minimum absolute atomic E-state index is 0.0297. The Balaban J connectivity index is 1.74. The van der Waals surface area contributed by atoms with Gasteiger partial charge in [0.2, 0.25) is 0 Å². The number of halogens is 4. The van der Waals surface area contributed by atoms with Crippen LogP contribution in [-0.2, 0) is 0 Å². The van der Waals surface area contributed by atoms with Crippen LogP contribution in [0.15, 0.2) is 22.0 Å². The summed E-state index contributed by atoms with van der Waals surface area (Å²) in [6, 6.07) is 1.42. The monoisotopic (exact) mass is 490 g/mol. The molecule has 1 fully saturated rings. The summed E-state index contributed by atoms with van der Waals surface area (Å²) >= 11 is 4.78. The topological polar surface area (TPSA) is 50.2 Å². The molecule has 29 heavy (non-hydrogen) atoms. The first-order chi connectivity index (χ1) is 13.7. The molecule has 4 heterocycles. The maximum absolute atomic E-state index is 13.9. The smallest absolute Gasteiger partial charge is 0.362 e. The Kier molecular flexibility index (Phi) is 5.43. The second kappa shape index (κ2) is 7.61. The summed E-state index contributed by atoms with van der Waals surface area (Å²) in [5, 5.41) is 9.16. The molecule has 2 aromatic heterocycles. The van der Waals surface area contributed by atoms with E-state index in [2.05, 4.69) is 26.3 Å². The van der Waals surface area contributed by atoms with Crippen molar-refractivity contribution < 1.29 is 18.0 Å². The van der Waals surface area contributed by atoms with Gasteiger partial charge >= 0.3 is 6.18 Å². The summed E-state index contributed by atoms with van der Waals surface area (Å²) in [7, 11) is 0. The fraction of sp³-hybridized carbons (Fsp3) is 0.579. The highest BCUT2D eigenvalue weighted by molar-refractivity contribution is 9.10. The van der Waals surface area contributed by atoms with E-state index in [-0.39, 0.29) is 35.9 Å². The van der Waals surface area contributed by atoms with Crippen LogP contribution in [0.25, 0.3) is 0 Å². The van der Waals surface area contributed by atoms with Gasteiger partial charge < -0.3 is 10.2 Å². The number of likely N-dealkylation sites (tertiary alicyclic amines) is 1. The summed E-state index contributed by atoms with van der Waals surface area (Å²) in [5.74, 6) is -0.119. The Bertz CT molecular complexity index is 888. The lowest BCUT2D eigenvalue weighted by atomic mass is 9.97. The van der Waals surface area contributed by atoms with E-state index in [0.717, 1.165) is 28.8 Å². The van der Waals surface area contributed by atoms with Gasteiger partial charge in [-0.25, -0.2) is 4.68 Å². The van der Waals surface area contributed by atoms with Gasteiger partial charge in [0.15, 0.2) is 11.7 Å². The van der Waals surface area contributed by atoms with Crippen LogP contribution in [0.4, 0.5) is 19.0 Å². The lowest BCUT2D eigenvalue weighted by Gasteiger charge is -2.38. The van der Waals surface area contributed by atoms with Gasteiger partial charge in [0, 0.05) is 23.4 Å². The van der Waals surface area contributed by atoms with Gasteiger partial charge in [0.05, 0.1) is 10.5 Å². The molecule has 4 atom stereocenters. The first-order valence-corrected chi connectivity index (χ1v) is 11.3. The second-order valence-electron chi connectivity index (χ2n) is 7.80. The van der Waals surface area contributed by atoms with E-state index < -0.39 is 18.3 Å². The van der Waals surface area contributed by atoms with Crippen molar-refractivity contribution in [3.8, 4) is 0 Å². The van der Waals surface area contributed by atoms with Crippen LogP contribution in [-0.4, -0.2) is 38.8 Å². The molecule has 1 amide bonds. The number of nitrogens with zero attached hydrogens (tertiary/aromatic N) is 3. The van der Waals surface area contributed by atoms with Crippen LogP contribution in [0.3, 0.4) is 0 Å². The third-order valence-corrected chi connectivity index (χ3v) is 7.55. The number of alkyl halides is 3. The van der Waals surface area contributed by atoms with Gasteiger partial charge in [0.1, 0.15) is 5.82 Å². The standard InChI is InChI=1S/C19H22BrF3N4OS/c1-10-5-3-6-11(2)26(10)18(28)16-15(20)17-24-12(13-7-4-8-29-13)9-14(19(21,22)23)27(17)25-16/h4,7-8,10-12,14,24H,3,5-6,9H2,1-2H3/t10-,11+,12-,14+/m1/s1. The van der Waals surface area contributed by atoms with E-state index in [4.69, 9.17) is 0 Å². The largest absolute Gasteiger partial charge is 0.410 e. The zero-order valence-electron chi connectivity index (χ0n) is 16.0. The average Bonchev–Trinajstić information content (AvgIpc) is 3.28. The van der Waals surface area contributed by atoms with Crippen LogP contribution in [0.1, 0.15) is 67.0 Å². The van der Waals surface area contributed by atoms with E-state index in [9.17, 15) is 18.0 Å². The number of rotatable bonds is 2. The molecule has 2 aliphatic heterocycles. The van der Waals surface area contributed by atoms with Gasteiger partial charge in [-0.3, -0.25) is 4.79 Å². The zero-order valence-corrected chi connectivity index (χ0v) is 18.4. The van der Waals surface area contributed by atoms with Crippen LogP contribution in [0.2, 0.25) is 0 Å². The molecule has 1 saturated heterocycles. The summed E-state index contributed by atoms with van der Waals surface area (Å²) < 4.78 is 42.8. The predicted molar refractivity (Wildman–Crippen MR) is 109 cm³/mol. The number of nitrogens with one attached hydrogen (secondary N) is 1. The molecular weight excluding hydrogens is 469 g/mol. The average molecular weight is 491 g/mol. The molecule has 4 rings (SSSR count). The minimum atomic E-state index is -4.47. The van der Waals surface area contributed by atoms with Crippen molar-refractivity contribution >= 4 is 39.0 Å². The van der Waals surface area contributed by atoms with Crippen molar-refractivity contribution in [3.05, 3.63) is 32.6 Å². The molecule has 158 valence electrons. The third-order valence-electron chi connectivity index (χ3n) is 5.81. The normalized spacial score (nSPS) is 27.4. The molecule has 0 unspecified atom stereocenters. The molecule has 5 nitrogen and oxygen atoms in total. The summed E-state index contributed by atoms with van der Waals surface area (Å²) in [5.41, 5.74) is 0.0363. The number of carbonyl (C=O) groups excluding carboxylic acids is 1. The highest BCUT2D eigenvalue weighted by atomic mass is 79.9. The molecule has 0 radical (unpaired) electrons. The van der Waals surface area contributed by atoms with Crippen LogP contribution in [0.5, 0.6) is 0 Å². The summed E-state index contributed by atoms with van der Waals surface area (Å²) in [6.45, 7) is 3.95. The van der Waals surface area contributed by atoms with Crippen molar-refractivity contribution in [3.63, 3.8) is 0 Å². The highest BCUT2D eigenvalue weighted by Gasteiger charge is 2.48. The van der Waals surface area contributed by atoms with Crippen molar-refractivity contribution in [2.24, 2.45) is 0 Å². The number of thiophene rings is 1. The number of hydrogen-bond donors (Lipinski definition) is 1. The van der Waals surface area contributed by atoms with Crippen LogP contribution in [0, 0.1) is 0 Å². The van der Waals surface area contributed by atoms with Gasteiger partial charge in [0.25, 0.3) is 5.91 Å². The maximum atomic E-state index is 13.9. The van der Waals surface area contributed by atoms with Gasteiger partial charge in [-0.05, 0) is 60.5 Å². The maximum Gasteiger partial charge on any atom is 0.410 e. The van der Waals surface area contributed by atoms with Gasteiger partial charge in [-0.2, -0.15) is 18.3 Å². The molecule has 2 aromatic rings. The summed E-state index contributed by atoms with van der Waals surface area (Å²) in [6.07, 6.45) is -1.84. The van der Waals surface area contributed by atoms with Crippen LogP contribution >= 0.6 is 27.3 Å². The second-order valence-corrected chi connectivity index (χ2v) is 9.57. The quantitative estimate of drug-likeness (QED) is 0.581. The number of aromatic nitrogens is 2. The molecule has 0 aromatic carbocycles. The van der Waals surface area contributed by atoms with Gasteiger partial charge in [-0.15, -0.1) is 11.3 Å². The SMILES string of the molecule is C[C@@H]1CCC[C@H](C)N1C(=O)c1nn2c(c1Br)N[C@@H](c1cccs1)C[C@H]2C(F)(F)F. The van der Waals surface area contributed by atoms with Gasteiger partial charge in [-0.1, -0.05) is 6.07 Å². The highest BCUT2D eigenvalue weighted by Crippen LogP contribution is 2.47. The number of carbonyl (C=O) groups is 1. The van der Waals surface area contributed by atoms with E-state index in [1.54, 1.807) is 4.90 Å². The number of fused-ring (bicyclic) bond motifs is 1. The Labute approximate surface area is 179 Å². The van der Waals surface area contributed by atoms with E-state index in [0.29, 0.717) is 4.47 Å². The van der Waals surface area contributed by atoms with E-state index in [1.165, 1.54) is 11.3 Å². The fourth-order valence-electron chi connectivity index (χ4n) is 4.35. The molecule has 0 spiro atoms. The molecular formula is C19H22BrF3N4OS. The number of anilines is 1. The first kappa shape index (κ1) is 20.7.